The third-order valence-electron chi connectivity index (χ3n) is 7.04. The quantitative estimate of drug-likeness (QED) is 0.824. The van der Waals surface area contributed by atoms with Crippen molar-refractivity contribution in [2.45, 2.75) is 57.5 Å². The van der Waals surface area contributed by atoms with Crippen LogP contribution in [0.1, 0.15) is 51.6 Å². The maximum atomic E-state index is 13.3. The maximum absolute atomic E-state index is 13.3. The highest BCUT2D eigenvalue weighted by Crippen LogP contribution is 2.47. The summed E-state index contributed by atoms with van der Waals surface area (Å²) in [5.41, 5.74) is 1.63. The molecule has 2 aromatic rings. The number of rotatable bonds is 4. The van der Waals surface area contributed by atoms with E-state index in [1.54, 1.807) is 6.20 Å². The van der Waals surface area contributed by atoms with Crippen LogP contribution in [0.2, 0.25) is 0 Å². The molecule has 2 fully saturated rings. The predicted molar refractivity (Wildman–Crippen MR) is 119 cm³/mol. The molecule has 1 saturated heterocycles. The Morgan fingerprint density at radius 1 is 1.23 bits per heavy atom. The molecule has 2 aliphatic heterocycles. The van der Waals surface area contributed by atoms with Crippen molar-refractivity contribution < 1.29 is 9.59 Å². The van der Waals surface area contributed by atoms with Crippen LogP contribution < -0.4 is 10.2 Å². The normalized spacial score (nSPS) is 22.8. The molecule has 1 unspecified atom stereocenters. The van der Waals surface area contributed by atoms with Crippen LogP contribution in [0.15, 0.2) is 36.7 Å². The molecule has 7 heteroatoms. The molecular formula is C24H31N5O2. The summed E-state index contributed by atoms with van der Waals surface area (Å²) in [7, 11) is 0. The summed E-state index contributed by atoms with van der Waals surface area (Å²) in [5.74, 6) is 1.28. The zero-order valence-electron chi connectivity index (χ0n) is 18.4. The summed E-state index contributed by atoms with van der Waals surface area (Å²) >= 11 is 0. The van der Waals surface area contributed by atoms with Gasteiger partial charge in [-0.25, -0.2) is 4.98 Å². The minimum atomic E-state index is -0.428. The van der Waals surface area contributed by atoms with Gasteiger partial charge in [0.25, 0.3) is 0 Å². The molecule has 4 heterocycles. The van der Waals surface area contributed by atoms with E-state index in [4.69, 9.17) is 0 Å². The van der Waals surface area contributed by atoms with Crippen molar-refractivity contribution in [1.29, 1.82) is 0 Å². The van der Waals surface area contributed by atoms with E-state index in [2.05, 4.69) is 25.8 Å². The minimum absolute atomic E-state index is 0.00949. The molecule has 0 aromatic carbocycles. The lowest BCUT2D eigenvalue weighted by molar-refractivity contribution is -0.134. The third kappa shape index (κ3) is 3.30. The first-order valence-electron chi connectivity index (χ1n) is 11.5. The molecule has 1 aliphatic carbocycles. The highest BCUT2D eigenvalue weighted by molar-refractivity contribution is 5.84. The number of likely N-dealkylation sites (tertiary alicyclic amines) is 1. The van der Waals surface area contributed by atoms with Crippen molar-refractivity contribution in [3.63, 3.8) is 0 Å². The number of carbonyl (C=O) groups is 2. The third-order valence-corrected chi connectivity index (χ3v) is 7.04. The number of hydrogen-bond acceptors (Lipinski definition) is 4. The molecule has 3 aliphatic rings. The van der Waals surface area contributed by atoms with Gasteiger partial charge in [0.05, 0.1) is 17.9 Å². The number of pyridine rings is 1. The SMILES string of the molecule is CC(C)NC(=O)CN1c2cccnc2-n2cccc2C12CCN(C(=O)C1CCCC1)C2. The van der Waals surface area contributed by atoms with Crippen LogP contribution in [0.5, 0.6) is 0 Å². The lowest BCUT2D eigenvalue weighted by Crippen LogP contribution is -2.56. The monoisotopic (exact) mass is 421 g/mol. The van der Waals surface area contributed by atoms with E-state index in [-0.39, 0.29) is 30.3 Å². The van der Waals surface area contributed by atoms with E-state index in [0.717, 1.165) is 55.8 Å². The number of fused-ring (bicyclic) bond motifs is 4. The molecule has 31 heavy (non-hydrogen) atoms. The van der Waals surface area contributed by atoms with Gasteiger partial charge in [-0.15, -0.1) is 0 Å². The summed E-state index contributed by atoms with van der Waals surface area (Å²) in [5, 5.41) is 3.04. The number of aromatic nitrogens is 2. The highest BCUT2D eigenvalue weighted by atomic mass is 16.2. The Balaban J connectivity index is 1.54. The average Bonchev–Trinajstić information content (AvgIpc) is 3.51. The second-order valence-electron chi connectivity index (χ2n) is 9.44. The molecule has 1 N–H and O–H groups in total. The van der Waals surface area contributed by atoms with Crippen LogP contribution in [-0.2, 0) is 15.1 Å². The lowest BCUT2D eigenvalue weighted by atomic mass is 9.88. The van der Waals surface area contributed by atoms with Gasteiger partial charge in [0, 0.05) is 37.4 Å². The van der Waals surface area contributed by atoms with Gasteiger partial charge in [0.15, 0.2) is 5.82 Å². The van der Waals surface area contributed by atoms with E-state index < -0.39 is 5.54 Å². The van der Waals surface area contributed by atoms with Gasteiger partial charge < -0.3 is 19.7 Å². The van der Waals surface area contributed by atoms with Gasteiger partial charge in [0.2, 0.25) is 11.8 Å². The summed E-state index contributed by atoms with van der Waals surface area (Å²) in [6.45, 7) is 5.52. The Morgan fingerprint density at radius 3 is 2.81 bits per heavy atom. The minimum Gasteiger partial charge on any atom is -0.352 e. The molecular weight excluding hydrogens is 390 g/mol. The Hall–Kier alpha value is -2.83. The largest absolute Gasteiger partial charge is 0.352 e. The van der Waals surface area contributed by atoms with Crippen molar-refractivity contribution in [3.8, 4) is 5.82 Å². The maximum Gasteiger partial charge on any atom is 0.239 e. The zero-order chi connectivity index (χ0) is 21.6. The number of anilines is 1. The van der Waals surface area contributed by atoms with Crippen molar-refractivity contribution in [1.82, 2.24) is 19.8 Å². The number of amides is 2. The first kappa shape index (κ1) is 20.1. The summed E-state index contributed by atoms with van der Waals surface area (Å²) in [4.78, 5) is 35.0. The number of nitrogens with zero attached hydrogens (tertiary/aromatic N) is 4. The highest BCUT2D eigenvalue weighted by Gasteiger charge is 2.51. The molecule has 7 nitrogen and oxygen atoms in total. The van der Waals surface area contributed by atoms with Crippen molar-refractivity contribution >= 4 is 17.5 Å². The van der Waals surface area contributed by atoms with Crippen LogP contribution in [-0.4, -0.2) is 51.9 Å². The zero-order valence-corrected chi connectivity index (χ0v) is 18.4. The van der Waals surface area contributed by atoms with Gasteiger partial charge in [-0.1, -0.05) is 12.8 Å². The Labute approximate surface area is 183 Å². The van der Waals surface area contributed by atoms with Gasteiger partial charge >= 0.3 is 0 Å². The topological polar surface area (TPSA) is 70.5 Å². The van der Waals surface area contributed by atoms with Crippen molar-refractivity contribution in [3.05, 3.63) is 42.4 Å². The molecule has 1 saturated carbocycles. The van der Waals surface area contributed by atoms with Crippen LogP contribution in [0, 0.1) is 5.92 Å². The summed E-state index contributed by atoms with van der Waals surface area (Å²) in [6.07, 6.45) is 8.95. The Bertz CT molecular complexity index is 993. The van der Waals surface area contributed by atoms with Crippen molar-refractivity contribution in [2.24, 2.45) is 5.92 Å². The van der Waals surface area contributed by atoms with Crippen LogP contribution in [0.25, 0.3) is 5.82 Å². The summed E-state index contributed by atoms with van der Waals surface area (Å²) in [6, 6.07) is 8.19. The molecule has 1 atom stereocenters. The van der Waals surface area contributed by atoms with E-state index in [1.165, 1.54) is 0 Å². The fraction of sp³-hybridized carbons (Fsp3) is 0.542. The van der Waals surface area contributed by atoms with E-state index in [1.807, 2.05) is 43.1 Å². The van der Waals surface area contributed by atoms with Gasteiger partial charge in [-0.3, -0.25) is 9.59 Å². The molecule has 5 rings (SSSR count). The van der Waals surface area contributed by atoms with Gasteiger partial charge in [-0.2, -0.15) is 0 Å². The first-order chi connectivity index (χ1) is 15.0. The standard InChI is InChI=1S/C24H31N5O2/c1-17(2)26-21(30)15-29-19-9-5-12-25-22(19)28-13-6-10-20(28)24(29)11-14-27(16-24)23(31)18-7-3-4-8-18/h5-6,9-10,12-13,17-18H,3-4,7-8,11,14-16H2,1-2H3,(H,26,30). The average molecular weight is 422 g/mol. The molecule has 0 radical (unpaired) electrons. The second kappa shape index (κ2) is 7.70. The molecule has 0 bridgehead atoms. The number of hydrogen-bond donors (Lipinski definition) is 1. The van der Waals surface area contributed by atoms with Gasteiger partial charge in [0.1, 0.15) is 5.54 Å². The molecule has 164 valence electrons. The van der Waals surface area contributed by atoms with Crippen LogP contribution >= 0.6 is 0 Å². The van der Waals surface area contributed by atoms with E-state index in [9.17, 15) is 9.59 Å². The summed E-state index contributed by atoms with van der Waals surface area (Å²) < 4.78 is 2.13. The van der Waals surface area contributed by atoms with Crippen molar-refractivity contribution in [2.75, 3.05) is 24.5 Å². The Morgan fingerprint density at radius 2 is 2.03 bits per heavy atom. The molecule has 2 amide bonds. The lowest BCUT2D eigenvalue weighted by Gasteiger charge is -2.46. The van der Waals surface area contributed by atoms with Gasteiger partial charge in [-0.05, 0) is 57.4 Å². The smallest absolute Gasteiger partial charge is 0.239 e. The number of nitrogens with one attached hydrogen (secondary N) is 1. The Kier molecular flexibility index (Phi) is 4.99. The first-order valence-corrected chi connectivity index (χ1v) is 11.5. The van der Waals surface area contributed by atoms with Crippen LogP contribution in [0.4, 0.5) is 5.69 Å². The fourth-order valence-corrected chi connectivity index (χ4v) is 5.69. The number of carbonyl (C=O) groups excluding carboxylic acids is 2. The predicted octanol–water partition coefficient (Wildman–Crippen LogP) is 2.83. The fourth-order valence-electron chi connectivity index (χ4n) is 5.69. The van der Waals surface area contributed by atoms with E-state index >= 15 is 0 Å². The molecule has 1 spiro atoms. The van der Waals surface area contributed by atoms with E-state index in [0.29, 0.717) is 6.54 Å². The van der Waals surface area contributed by atoms with Crippen LogP contribution in [0.3, 0.4) is 0 Å². The molecule has 2 aromatic heterocycles. The second-order valence-corrected chi connectivity index (χ2v) is 9.44.